The number of pyridine rings is 1. The molecule has 0 aliphatic heterocycles. The fourth-order valence-corrected chi connectivity index (χ4v) is 2.96. The minimum absolute atomic E-state index is 0.0524. The fraction of sp³-hybridized carbons (Fsp3) is 0.350. The number of nitrogens with zero attached hydrogens (tertiary/aromatic N) is 1. The molecule has 1 aliphatic carbocycles. The molecular formula is C20H22N2O3. The number of aryl methyl sites for hydroxylation is 1. The van der Waals surface area contributed by atoms with E-state index < -0.39 is 5.97 Å². The highest BCUT2D eigenvalue weighted by Crippen LogP contribution is 2.47. The Bertz CT molecular complexity index is 783. The van der Waals surface area contributed by atoms with Crippen molar-refractivity contribution in [3.8, 4) is 0 Å². The van der Waals surface area contributed by atoms with Crippen LogP contribution in [0.5, 0.6) is 0 Å². The van der Waals surface area contributed by atoms with Crippen LogP contribution in [0.2, 0.25) is 0 Å². The lowest BCUT2D eigenvalue weighted by atomic mass is 9.96. The van der Waals surface area contributed by atoms with Crippen molar-refractivity contribution in [1.82, 2.24) is 10.3 Å². The summed E-state index contributed by atoms with van der Waals surface area (Å²) < 4.78 is 4.98. The van der Waals surface area contributed by atoms with Crippen molar-refractivity contribution in [2.45, 2.75) is 32.1 Å². The molecule has 0 unspecified atom stereocenters. The third-order valence-corrected chi connectivity index (χ3v) is 4.64. The molecule has 1 saturated carbocycles. The molecule has 0 radical (unpaired) electrons. The molecular weight excluding hydrogens is 316 g/mol. The normalized spacial score (nSPS) is 14.6. The van der Waals surface area contributed by atoms with Crippen LogP contribution >= 0.6 is 0 Å². The van der Waals surface area contributed by atoms with Crippen molar-refractivity contribution in [2.24, 2.45) is 0 Å². The molecule has 5 heteroatoms. The Labute approximate surface area is 147 Å². The Morgan fingerprint density at radius 1 is 1.16 bits per heavy atom. The maximum Gasteiger partial charge on any atom is 0.339 e. The van der Waals surface area contributed by atoms with Crippen LogP contribution in [0.3, 0.4) is 0 Å². The first-order chi connectivity index (χ1) is 12.1. The molecule has 0 saturated heterocycles. The van der Waals surface area contributed by atoms with Crippen LogP contribution in [0.15, 0.2) is 42.5 Å². The number of carbonyl (C=O) groups excluding carboxylic acids is 2. The number of nitrogens with one attached hydrogen (secondary N) is 1. The van der Waals surface area contributed by atoms with Gasteiger partial charge in [0.25, 0.3) is 5.91 Å². The second kappa shape index (κ2) is 7.05. The quantitative estimate of drug-likeness (QED) is 0.822. The first kappa shape index (κ1) is 17.1. The lowest BCUT2D eigenvalue weighted by molar-refractivity contribution is 0.0524. The zero-order chi connectivity index (χ0) is 17.9. The maximum absolute atomic E-state index is 12.4. The van der Waals surface area contributed by atoms with Crippen molar-refractivity contribution in [3.63, 3.8) is 0 Å². The Morgan fingerprint density at radius 3 is 2.48 bits per heavy atom. The molecule has 0 spiro atoms. The second-order valence-electron chi connectivity index (χ2n) is 6.38. The van der Waals surface area contributed by atoms with Crippen molar-refractivity contribution in [2.75, 3.05) is 13.2 Å². The summed E-state index contributed by atoms with van der Waals surface area (Å²) in [5.41, 5.74) is 2.51. The lowest BCUT2D eigenvalue weighted by Crippen LogP contribution is -2.33. The van der Waals surface area contributed by atoms with E-state index in [1.807, 2.05) is 18.2 Å². The van der Waals surface area contributed by atoms with Crippen molar-refractivity contribution < 1.29 is 14.3 Å². The van der Waals surface area contributed by atoms with E-state index in [1.165, 1.54) is 5.56 Å². The van der Waals surface area contributed by atoms with E-state index in [0.29, 0.717) is 30.1 Å². The van der Waals surface area contributed by atoms with Crippen molar-refractivity contribution in [1.29, 1.82) is 0 Å². The third-order valence-electron chi connectivity index (χ3n) is 4.64. The summed E-state index contributed by atoms with van der Waals surface area (Å²) in [5, 5.41) is 2.98. The van der Waals surface area contributed by atoms with Gasteiger partial charge in [-0.3, -0.25) is 4.79 Å². The number of carbonyl (C=O) groups is 2. The first-order valence-corrected chi connectivity index (χ1v) is 8.54. The van der Waals surface area contributed by atoms with Crippen LogP contribution in [0.4, 0.5) is 0 Å². The molecule has 2 aromatic rings. The number of esters is 1. The number of hydrogen-bond donors (Lipinski definition) is 1. The van der Waals surface area contributed by atoms with Gasteiger partial charge in [-0.05, 0) is 44.4 Å². The van der Waals surface area contributed by atoms with Gasteiger partial charge in [0.2, 0.25) is 0 Å². The van der Waals surface area contributed by atoms with Gasteiger partial charge in [-0.1, -0.05) is 30.3 Å². The number of hydrogen-bond acceptors (Lipinski definition) is 4. The number of rotatable bonds is 6. The predicted molar refractivity (Wildman–Crippen MR) is 94.6 cm³/mol. The minimum atomic E-state index is -0.416. The van der Waals surface area contributed by atoms with E-state index in [2.05, 4.69) is 22.4 Å². The minimum Gasteiger partial charge on any atom is -0.462 e. The summed E-state index contributed by atoms with van der Waals surface area (Å²) in [5.74, 6) is -0.638. The molecule has 1 N–H and O–H groups in total. The SMILES string of the molecule is CCOC(=O)c1ccc(C(=O)NCC2(c3ccccc3)CC2)nc1C. The van der Waals surface area contributed by atoms with Gasteiger partial charge in [0, 0.05) is 12.0 Å². The van der Waals surface area contributed by atoms with Gasteiger partial charge in [0.05, 0.1) is 17.9 Å². The van der Waals surface area contributed by atoms with Gasteiger partial charge in [0.1, 0.15) is 5.69 Å². The van der Waals surface area contributed by atoms with Crippen LogP contribution in [0.1, 0.15) is 51.9 Å². The number of amides is 1. The number of ether oxygens (including phenoxy) is 1. The zero-order valence-corrected chi connectivity index (χ0v) is 14.5. The van der Waals surface area contributed by atoms with E-state index in [9.17, 15) is 9.59 Å². The number of aromatic nitrogens is 1. The van der Waals surface area contributed by atoms with Gasteiger partial charge < -0.3 is 10.1 Å². The highest BCUT2D eigenvalue weighted by molar-refractivity contribution is 5.95. The van der Waals surface area contributed by atoms with Gasteiger partial charge in [-0.25, -0.2) is 9.78 Å². The highest BCUT2D eigenvalue weighted by atomic mass is 16.5. The van der Waals surface area contributed by atoms with E-state index in [1.54, 1.807) is 26.0 Å². The van der Waals surface area contributed by atoms with Crippen LogP contribution < -0.4 is 5.32 Å². The van der Waals surface area contributed by atoms with Gasteiger partial charge in [-0.2, -0.15) is 0 Å². The topological polar surface area (TPSA) is 68.3 Å². The fourth-order valence-electron chi connectivity index (χ4n) is 2.96. The summed E-state index contributed by atoms with van der Waals surface area (Å²) in [6.07, 6.45) is 2.15. The first-order valence-electron chi connectivity index (χ1n) is 8.54. The molecule has 5 nitrogen and oxygen atoms in total. The summed E-state index contributed by atoms with van der Waals surface area (Å²) in [4.78, 5) is 28.5. The average molecular weight is 338 g/mol. The molecule has 1 heterocycles. The van der Waals surface area contributed by atoms with Crippen LogP contribution in [-0.2, 0) is 10.2 Å². The van der Waals surface area contributed by atoms with E-state index in [4.69, 9.17) is 4.74 Å². The summed E-state index contributed by atoms with van der Waals surface area (Å²) in [7, 11) is 0. The standard InChI is InChI=1S/C20H22N2O3/c1-3-25-19(24)16-9-10-17(22-14(16)2)18(23)21-13-20(11-12-20)15-7-5-4-6-8-15/h4-10H,3,11-13H2,1-2H3,(H,21,23). The molecule has 1 fully saturated rings. The Balaban J connectivity index is 1.66. The van der Waals surface area contributed by atoms with Gasteiger partial charge >= 0.3 is 5.97 Å². The molecule has 0 bridgehead atoms. The summed E-state index contributed by atoms with van der Waals surface area (Å²) >= 11 is 0. The van der Waals surface area contributed by atoms with Gasteiger partial charge in [0.15, 0.2) is 0 Å². The molecule has 130 valence electrons. The molecule has 1 aromatic carbocycles. The summed E-state index contributed by atoms with van der Waals surface area (Å²) in [6.45, 7) is 4.36. The Hall–Kier alpha value is -2.69. The van der Waals surface area contributed by atoms with E-state index in [-0.39, 0.29) is 11.3 Å². The third kappa shape index (κ3) is 3.71. The summed E-state index contributed by atoms with van der Waals surface area (Å²) in [6, 6.07) is 13.4. The van der Waals surface area contributed by atoms with Crippen molar-refractivity contribution >= 4 is 11.9 Å². The maximum atomic E-state index is 12.4. The molecule has 0 atom stereocenters. The Kier molecular flexibility index (Phi) is 4.83. The molecule has 25 heavy (non-hydrogen) atoms. The Morgan fingerprint density at radius 2 is 1.88 bits per heavy atom. The zero-order valence-electron chi connectivity index (χ0n) is 14.5. The lowest BCUT2D eigenvalue weighted by Gasteiger charge is -2.16. The molecule has 1 amide bonds. The second-order valence-corrected chi connectivity index (χ2v) is 6.38. The molecule has 1 aliphatic rings. The van der Waals surface area contributed by atoms with E-state index >= 15 is 0 Å². The van der Waals surface area contributed by atoms with Crippen LogP contribution in [0.25, 0.3) is 0 Å². The molecule has 3 rings (SSSR count). The number of benzene rings is 1. The van der Waals surface area contributed by atoms with Crippen LogP contribution in [0, 0.1) is 6.92 Å². The van der Waals surface area contributed by atoms with E-state index in [0.717, 1.165) is 12.8 Å². The van der Waals surface area contributed by atoms with Gasteiger partial charge in [-0.15, -0.1) is 0 Å². The smallest absolute Gasteiger partial charge is 0.339 e. The largest absolute Gasteiger partial charge is 0.462 e. The molecule has 1 aromatic heterocycles. The highest BCUT2D eigenvalue weighted by Gasteiger charge is 2.44. The predicted octanol–water partition coefficient (Wildman–Crippen LogP) is 3.03. The van der Waals surface area contributed by atoms with Crippen LogP contribution in [-0.4, -0.2) is 30.0 Å². The average Bonchev–Trinajstić information content (AvgIpc) is 3.42. The van der Waals surface area contributed by atoms with Crippen molar-refractivity contribution in [3.05, 3.63) is 65.0 Å². The monoisotopic (exact) mass is 338 g/mol.